The molecule has 1 aromatic heterocycles. The minimum Gasteiger partial charge on any atom is -0.462 e. The van der Waals surface area contributed by atoms with Gasteiger partial charge in [0.2, 0.25) is 0 Å². The summed E-state index contributed by atoms with van der Waals surface area (Å²) in [6, 6.07) is 0. The predicted octanol–water partition coefficient (Wildman–Crippen LogP) is 2.15. The van der Waals surface area contributed by atoms with Crippen molar-refractivity contribution in [2.45, 2.75) is 32.6 Å². The highest BCUT2D eigenvalue weighted by molar-refractivity contribution is 7.16. The zero-order chi connectivity index (χ0) is 13.1. The summed E-state index contributed by atoms with van der Waals surface area (Å²) in [4.78, 5) is 13.3. The lowest BCUT2D eigenvalue weighted by molar-refractivity contribution is 0.0526. The number of rotatable bonds is 3. The Labute approximate surface area is 112 Å². The smallest absolute Gasteiger partial charge is 0.341 e. The van der Waals surface area contributed by atoms with Crippen molar-refractivity contribution < 1.29 is 9.53 Å². The van der Waals surface area contributed by atoms with E-state index in [9.17, 15) is 4.79 Å². The Kier molecular flexibility index (Phi) is 4.24. The maximum absolute atomic E-state index is 12.1. The fourth-order valence-electron chi connectivity index (χ4n) is 2.47. The first-order valence-electron chi connectivity index (χ1n) is 6.47. The Morgan fingerprint density at radius 2 is 2.33 bits per heavy atom. The van der Waals surface area contributed by atoms with Gasteiger partial charge in [-0.2, -0.15) is 0 Å². The molecular formula is C13H20N2O2S. The van der Waals surface area contributed by atoms with E-state index >= 15 is 0 Å². The molecule has 1 aliphatic heterocycles. The predicted molar refractivity (Wildman–Crippen MR) is 74.3 cm³/mol. The van der Waals surface area contributed by atoms with E-state index in [2.05, 4.69) is 12.2 Å². The van der Waals surface area contributed by atoms with E-state index in [0.29, 0.717) is 23.1 Å². The summed E-state index contributed by atoms with van der Waals surface area (Å²) in [6.07, 6.45) is 1.95. The second kappa shape index (κ2) is 5.71. The van der Waals surface area contributed by atoms with Crippen LogP contribution in [0.15, 0.2) is 0 Å². The van der Waals surface area contributed by atoms with Crippen molar-refractivity contribution >= 4 is 22.3 Å². The van der Waals surface area contributed by atoms with E-state index in [1.54, 1.807) is 11.3 Å². The number of thiophene rings is 1. The van der Waals surface area contributed by atoms with E-state index < -0.39 is 0 Å². The third-order valence-corrected chi connectivity index (χ3v) is 4.44. The maximum Gasteiger partial charge on any atom is 0.341 e. The SMILES string of the molecule is CCOC(=O)c1c(N)sc2c1C(CC)CNCC2. The van der Waals surface area contributed by atoms with Crippen LogP contribution in [0.4, 0.5) is 5.00 Å². The van der Waals surface area contributed by atoms with Gasteiger partial charge in [0, 0.05) is 11.4 Å². The van der Waals surface area contributed by atoms with Gasteiger partial charge in [-0.15, -0.1) is 11.3 Å². The first-order valence-corrected chi connectivity index (χ1v) is 7.29. The molecule has 1 atom stereocenters. The van der Waals surface area contributed by atoms with Gasteiger partial charge >= 0.3 is 5.97 Å². The molecule has 2 heterocycles. The number of hydrogen-bond donors (Lipinski definition) is 2. The molecule has 18 heavy (non-hydrogen) atoms. The molecule has 4 nitrogen and oxygen atoms in total. The number of anilines is 1. The second-order valence-electron chi connectivity index (χ2n) is 4.46. The monoisotopic (exact) mass is 268 g/mol. The highest BCUT2D eigenvalue weighted by Gasteiger charge is 2.29. The molecule has 0 amide bonds. The normalized spacial score (nSPS) is 19.1. The minimum absolute atomic E-state index is 0.271. The van der Waals surface area contributed by atoms with Crippen LogP contribution in [0.3, 0.4) is 0 Å². The zero-order valence-electron chi connectivity index (χ0n) is 10.9. The number of hydrogen-bond acceptors (Lipinski definition) is 5. The lowest BCUT2D eigenvalue weighted by Crippen LogP contribution is -2.21. The maximum atomic E-state index is 12.1. The Bertz CT molecular complexity index is 442. The molecular weight excluding hydrogens is 248 g/mol. The third kappa shape index (κ3) is 2.37. The molecule has 1 aliphatic rings. The number of carbonyl (C=O) groups is 1. The van der Waals surface area contributed by atoms with Gasteiger partial charge in [0.05, 0.1) is 12.2 Å². The van der Waals surface area contributed by atoms with Crippen LogP contribution in [0.25, 0.3) is 0 Å². The minimum atomic E-state index is -0.271. The molecule has 1 aromatic rings. The van der Waals surface area contributed by atoms with Gasteiger partial charge in [0.1, 0.15) is 5.00 Å². The summed E-state index contributed by atoms with van der Waals surface area (Å²) in [5.74, 6) is 0.0864. The van der Waals surface area contributed by atoms with Crippen LogP contribution < -0.4 is 11.1 Å². The van der Waals surface area contributed by atoms with Gasteiger partial charge < -0.3 is 15.8 Å². The first kappa shape index (κ1) is 13.4. The Balaban J connectivity index is 2.46. The van der Waals surface area contributed by atoms with Crippen LogP contribution in [-0.2, 0) is 11.2 Å². The summed E-state index contributed by atoms with van der Waals surface area (Å²) in [7, 11) is 0. The van der Waals surface area contributed by atoms with Crippen molar-refractivity contribution in [1.82, 2.24) is 5.32 Å². The molecule has 0 aliphatic carbocycles. The molecule has 0 radical (unpaired) electrons. The zero-order valence-corrected chi connectivity index (χ0v) is 11.7. The third-order valence-electron chi connectivity index (χ3n) is 3.35. The fourth-order valence-corrected chi connectivity index (χ4v) is 3.61. The van der Waals surface area contributed by atoms with Gasteiger partial charge in [-0.05, 0) is 37.8 Å². The topological polar surface area (TPSA) is 64.3 Å². The molecule has 0 saturated carbocycles. The number of ether oxygens (including phenoxy) is 1. The van der Waals surface area contributed by atoms with Crippen molar-refractivity contribution in [2.75, 3.05) is 25.4 Å². The van der Waals surface area contributed by atoms with Crippen molar-refractivity contribution in [3.8, 4) is 0 Å². The van der Waals surface area contributed by atoms with Crippen molar-refractivity contribution in [2.24, 2.45) is 0 Å². The number of carbonyl (C=O) groups excluding carboxylic acids is 1. The molecule has 0 spiro atoms. The summed E-state index contributed by atoms with van der Waals surface area (Å²) in [5, 5.41) is 4.02. The Hall–Kier alpha value is -1.07. The molecule has 2 rings (SSSR count). The number of esters is 1. The van der Waals surface area contributed by atoms with E-state index in [1.165, 1.54) is 4.88 Å². The fraction of sp³-hybridized carbons (Fsp3) is 0.615. The van der Waals surface area contributed by atoms with Gasteiger partial charge in [-0.3, -0.25) is 0 Å². The lowest BCUT2D eigenvalue weighted by Gasteiger charge is -2.15. The molecule has 3 N–H and O–H groups in total. The first-order chi connectivity index (χ1) is 8.69. The van der Waals surface area contributed by atoms with Crippen LogP contribution >= 0.6 is 11.3 Å². The summed E-state index contributed by atoms with van der Waals surface area (Å²) in [6.45, 7) is 6.21. The van der Waals surface area contributed by atoms with E-state index in [0.717, 1.165) is 31.5 Å². The van der Waals surface area contributed by atoms with Gasteiger partial charge in [-0.25, -0.2) is 4.79 Å². The molecule has 0 fully saturated rings. The summed E-state index contributed by atoms with van der Waals surface area (Å²) >= 11 is 1.54. The lowest BCUT2D eigenvalue weighted by atomic mass is 9.93. The largest absolute Gasteiger partial charge is 0.462 e. The van der Waals surface area contributed by atoms with Crippen LogP contribution in [-0.4, -0.2) is 25.7 Å². The average molecular weight is 268 g/mol. The number of nitrogens with two attached hydrogens (primary N) is 1. The molecule has 0 bridgehead atoms. The molecule has 100 valence electrons. The average Bonchev–Trinajstić information content (AvgIpc) is 2.54. The van der Waals surface area contributed by atoms with Crippen LogP contribution in [0.2, 0.25) is 0 Å². The van der Waals surface area contributed by atoms with Crippen LogP contribution in [0.5, 0.6) is 0 Å². The van der Waals surface area contributed by atoms with Gasteiger partial charge in [0.25, 0.3) is 0 Å². The number of fused-ring (bicyclic) bond motifs is 1. The van der Waals surface area contributed by atoms with Crippen LogP contribution in [0.1, 0.15) is 47.0 Å². The van der Waals surface area contributed by atoms with Crippen molar-refractivity contribution in [3.05, 3.63) is 16.0 Å². The standard InChI is InChI=1S/C13H20N2O2S/c1-3-8-7-15-6-5-9-10(8)11(12(14)18-9)13(16)17-4-2/h8,15H,3-7,14H2,1-2H3. The van der Waals surface area contributed by atoms with Gasteiger partial charge in [0.15, 0.2) is 0 Å². The van der Waals surface area contributed by atoms with E-state index in [1.807, 2.05) is 6.92 Å². The molecule has 5 heteroatoms. The van der Waals surface area contributed by atoms with Crippen molar-refractivity contribution in [1.29, 1.82) is 0 Å². The molecule has 0 saturated heterocycles. The number of nitrogen functional groups attached to an aromatic ring is 1. The molecule has 1 unspecified atom stereocenters. The quantitative estimate of drug-likeness (QED) is 0.824. The van der Waals surface area contributed by atoms with E-state index in [4.69, 9.17) is 10.5 Å². The summed E-state index contributed by atoms with van der Waals surface area (Å²) < 4.78 is 5.13. The van der Waals surface area contributed by atoms with Crippen molar-refractivity contribution in [3.63, 3.8) is 0 Å². The highest BCUT2D eigenvalue weighted by atomic mass is 32.1. The second-order valence-corrected chi connectivity index (χ2v) is 5.59. The van der Waals surface area contributed by atoms with E-state index in [-0.39, 0.29) is 5.97 Å². The number of nitrogens with one attached hydrogen (secondary N) is 1. The van der Waals surface area contributed by atoms with Gasteiger partial charge in [-0.1, -0.05) is 6.92 Å². The summed E-state index contributed by atoms with van der Waals surface area (Å²) in [5.41, 5.74) is 7.76. The van der Waals surface area contributed by atoms with Crippen LogP contribution in [0, 0.1) is 0 Å². The Morgan fingerprint density at radius 3 is 3.00 bits per heavy atom. The molecule has 0 aromatic carbocycles. The Morgan fingerprint density at radius 1 is 1.56 bits per heavy atom. The highest BCUT2D eigenvalue weighted by Crippen LogP contribution is 2.39.